The summed E-state index contributed by atoms with van der Waals surface area (Å²) in [6, 6.07) is 4.57. The zero-order chi connectivity index (χ0) is 21.9. The van der Waals surface area contributed by atoms with Crippen LogP contribution in [0.3, 0.4) is 0 Å². The minimum Gasteiger partial charge on any atom is -0.334 e. The van der Waals surface area contributed by atoms with Crippen LogP contribution in [0.1, 0.15) is 54.4 Å². The third-order valence-electron chi connectivity index (χ3n) is 5.84. The molecule has 30 heavy (non-hydrogen) atoms. The molecule has 0 saturated carbocycles. The van der Waals surface area contributed by atoms with E-state index in [2.05, 4.69) is 4.72 Å². The molecule has 10 heteroatoms. The Kier molecular flexibility index (Phi) is 7.21. The number of likely N-dealkylation sites (tertiary alicyclic amines) is 1. The van der Waals surface area contributed by atoms with E-state index >= 15 is 0 Å². The summed E-state index contributed by atoms with van der Waals surface area (Å²) in [5, 5.41) is 0. The molecular weight excluding hydrogens is 426 g/mol. The minimum absolute atomic E-state index is 0.162. The van der Waals surface area contributed by atoms with Gasteiger partial charge >= 0.3 is 0 Å². The quantitative estimate of drug-likeness (QED) is 0.700. The number of nitrogens with one attached hydrogen (secondary N) is 1. The molecule has 8 nitrogen and oxygen atoms in total. The number of hydrogen-bond donors (Lipinski definition) is 1. The largest absolute Gasteiger partial charge is 0.334 e. The molecule has 0 bridgehead atoms. The van der Waals surface area contributed by atoms with Crippen molar-refractivity contribution in [2.45, 2.75) is 56.4 Å². The topological polar surface area (TPSA) is 104 Å². The van der Waals surface area contributed by atoms with Gasteiger partial charge in [0.1, 0.15) is 0 Å². The highest BCUT2D eigenvalue weighted by atomic mass is 32.2. The van der Waals surface area contributed by atoms with Crippen LogP contribution < -0.4 is 4.72 Å². The maximum atomic E-state index is 13.2. The highest BCUT2D eigenvalue weighted by Crippen LogP contribution is 2.26. The predicted octanol–water partition coefficient (Wildman–Crippen LogP) is 1.71. The van der Waals surface area contributed by atoms with Crippen molar-refractivity contribution in [3.05, 3.63) is 29.3 Å². The third kappa shape index (κ3) is 5.40. The number of amides is 1. The summed E-state index contributed by atoms with van der Waals surface area (Å²) in [4.78, 5) is 15.1. The molecule has 3 rings (SSSR count). The first-order chi connectivity index (χ1) is 14.1. The van der Waals surface area contributed by atoms with Crippen LogP contribution >= 0.6 is 0 Å². The molecule has 1 aromatic carbocycles. The van der Waals surface area contributed by atoms with Gasteiger partial charge in [-0.05, 0) is 56.7 Å². The van der Waals surface area contributed by atoms with E-state index in [-0.39, 0.29) is 23.4 Å². The standard InChI is InChI=1S/C20H31N3O5S2/c1-16-9-10-17(14-19(16)30(27,28)22-11-5-3-6-12-22)20(24)23-13-7-4-8-18(23)15-21-29(2,25)26/h9-10,14,18,21H,3-8,11-13,15H2,1-2H3. The summed E-state index contributed by atoms with van der Waals surface area (Å²) in [7, 11) is -7.01. The molecule has 168 valence electrons. The Morgan fingerprint density at radius 1 is 1.03 bits per heavy atom. The van der Waals surface area contributed by atoms with Gasteiger partial charge in [0.2, 0.25) is 20.0 Å². The summed E-state index contributed by atoms with van der Waals surface area (Å²) in [5.74, 6) is -0.259. The number of hydrogen-bond acceptors (Lipinski definition) is 5. The molecule has 2 fully saturated rings. The Labute approximate surface area is 179 Å². The normalized spacial score (nSPS) is 21.5. The van der Waals surface area contributed by atoms with Gasteiger partial charge in [-0.25, -0.2) is 21.6 Å². The van der Waals surface area contributed by atoms with Crippen LogP contribution in [0.25, 0.3) is 0 Å². The van der Waals surface area contributed by atoms with Gasteiger partial charge in [-0.1, -0.05) is 12.5 Å². The Bertz CT molecular complexity index is 986. The van der Waals surface area contributed by atoms with Crippen molar-refractivity contribution in [3.63, 3.8) is 0 Å². The second-order valence-corrected chi connectivity index (χ2v) is 12.0. The lowest BCUT2D eigenvalue weighted by atomic mass is 10.0. The van der Waals surface area contributed by atoms with Crippen molar-refractivity contribution in [1.82, 2.24) is 13.9 Å². The molecule has 1 unspecified atom stereocenters. The first-order valence-corrected chi connectivity index (χ1v) is 13.8. The molecule has 2 heterocycles. The Balaban J connectivity index is 1.86. The first-order valence-electron chi connectivity index (χ1n) is 10.5. The van der Waals surface area contributed by atoms with Crippen LogP contribution in [-0.4, -0.2) is 70.4 Å². The van der Waals surface area contributed by atoms with Crippen LogP contribution in [0.15, 0.2) is 23.1 Å². The minimum atomic E-state index is -3.65. The maximum absolute atomic E-state index is 13.2. The summed E-state index contributed by atoms with van der Waals surface area (Å²) in [6.07, 6.45) is 6.29. The van der Waals surface area contributed by atoms with Crippen molar-refractivity contribution in [3.8, 4) is 0 Å². The number of sulfonamides is 2. The molecule has 0 spiro atoms. The molecule has 1 amide bonds. The van der Waals surface area contributed by atoms with Gasteiger partial charge in [-0.2, -0.15) is 4.31 Å². The molecule has 1 N–H and O–H groups in total. The van der Waals surface area contributed by atoms with Crippen LogP contribution in [0, 0.1) is 6.92 Å². The average Bonchev–Trinajstić information content (AvgIpc) is 2.72. The van der Waals surface area contributed by atoms with E-state index < -0.39 is 20.0 Å². The molecule has 1 aromatic rings. The number of aryl methyl sites for hydroxylation is 1. The summed E-state index contributed by atoms with van der Waals surface area (Å²) >= 11 is 0. The van der Waals surface area contributed by atoms with Gasteiger partial charge in [-0.3, -0.25) is 4.79 Å². The molecule has 0 radical (unpaired) electrons. The third-order valence-corrected chi connectivity index (χ3v) is 8.57. The van der Waals surface area contributed by atoms with Gasteiger partial charge in [-0.15, -0.1) is 0 Å². The molecule has 2 aliphatic heterocycles. The zero-order valence-electron chi connectivity index (χ0n) is 17.6. The number of piperidine rings is 2. The summed E-state index contributed by atoms with van der Waals surface area (Å²) < 4.78 is 53.3. The summed E-state index contributed by atoms with van der Waals surface area (Å²) in [5.41, 5.74) is 0.938. The zero-order valence-corrected chi connectivity index (χ0v) is 19.3. The second kappa shape index (κ2) is 9.33. The van der Waals surface area contributed by atoms with E-state index in [1.165, 1.54) is 10.4 Å². The van der Waals surface area contributed by atoms with Crippen molar-refractivity contribution < 1.29 is 21.6 Å². The van der Waals surface area contributed by atoms with E-state index in [9.17, 15) is 21.6 Å². The number of nitrogens with zero attached hydrogens (tertiary/aromatic N) is 2. The number of rotatable bonds is 6. The number of benzene rings is 1. The predicted molar refractivity (Wildman–Crippen MR) is 115 cm³/mol. The smallest absolute Gasteiger partial charge is 0.254 e. The molecular formula is C20H31N3O5S2. The Hall–Kier alpha value is -1.49. The van der Waals surface area contributed by atoms with Crippen molar-refractivity contribution in [2.24, 2.45) is 0 Å². The second-order valence-electron chi connectivity index (χ2n) is 8.21. The van der Waals surface area contributed by atoms with Gasteiger partial charge < -0.3 is 4.90 Å². The number of carbonyl (C=O) groups excluding carboxylic acids is 1. The van der Waals surface area contributed by atoms with E-state index in [0.717, 1.165) is 38.4 Å². The lowest BCUT2D eigenvalue weighted by Gasteiger charge is -2.36. The van der Waals surface area contributed by atoms with E-state index in [0.29, 0.717) is 37.2 Å². The van der Waals surface area contributed by atoms with Crippen LogP contribution in [0.4, 0.5) is 0 Å². The van der Waals surface area contributed by atoms with Crippen molar-refractivity contribution in [1.29, 1.82) is 0 Å². The van der Waals surface area contributed by atoms with E-state index in [1.807, 2.05) is 0 Å². The van der Waals surface area contributed by atoms with Gasteiger partial charge in [0.15, 0.2) is 0 Å². The lowest BCUT2D eigenvalue weighted by Crippen LogP contribution is -2.49. The van der Waals surface area contributed by atoms with Gasteiger partial charge in [0, 0.05) is 37.8 Å². The number of carbonyl (C=O) groups is 1. The lowest BCUT2D eigenvalue weighted by molar-refractivity contribution is 0.0618. The Morgan fingerprint density at radius 3 is 2.37 bits per heavy atom. The SMILES string of the molecule is Cc1ccc(C(=O)N2CCCCC2CNS(C)(=O)=O)cc1S(=O)(=O)N1CCCCC1. The molecule has 1 atom stereocenters. The van der Waals surface area contributed by atoms with Gasteiger partial charge in [0.05, 0.1) is 11.2 Å². The highest BCUT2D eigenvalue weighted by Gasteiger charge is 2.31. The fourth-order valence-corrected chi connectivity index (χ4v) is 6.41. The maximum Gasteiger partial charge on any atom is 0.254 e. The van der Waals surface area contributed by atoms with Crippen LogP contribution in [0.5, 0.6) is 0 Å². The van der Waals surface area contributed by atoms with Crippen LogP contribution in [-0.2, 0) is 20.0 Å². The van der Waals surface area contributed by atoms with E-state index in [4.69, 9.17) is 0 Å². The molecule has 0 aromatic heterocycles. The van der Waals surface area contributed by atoms with Gasteiger partial charge in [0.25, 0.3) is 5.91 Å². The molecule has 0 aliphatic carbocycles. The van der Waals surface area contributed by atoms with E-state index in [1.54, 1.807) is 24.0 Å². The van der Waals surface area contributed by atoms with Crippen molar-refractivity contribution in [2.75, 3.05) is 32.4 Å². The first kappa shape index (κ1) is 23.2. The van der Waals surface area contributed by atoms with Crippen molar-refractivity contribution >= 4 is 26.0 Å². The fraction of sp³-hybridized carbons (Fsp3) is 0.650. The average molecular weight is 458 g/mol. The highest BCUT2D eigenvalue weighted by molar-refractivity contribution is 7.89. The summed E-state index contributed by atoms with van der Waals surface area (Å²) in [6.45, 7) is 3.44. The molecule has 2 saturated heterocycles. The van der Waals surface area contributed by atoms with Crippen LogP contribution in [0.2, 0.25) is 0 Å². The Morgan fingerprint density at radius 2 is 1.70 bits per heavy atom. The molecule has 2 aliphatic rings. The fourth-order valence-electron chi connectivity index (χ4n) is 4.15. The monoisotopic (exact) mass is 457 g/mol.